The molecule has 0 aromatic carbocycles. The van der Waals surface area contributed by atoms with Gasteiger partial charge in [0.25, 0.3) is 0 Å². The first-order valence-electron chi connectivity index (χ1n) is 27.4. The number of esters is 2. The van der Waals surface area contributed by atoms with Crippen LogP contribution >= 0.6 is 0 Å². The second-order valence-electron chi connectivity index (χ2n) is 17.4. The maximum Gasteiger partial charge on any atom is 0.306 e. The van der Waals surface area contributed by atoms with E-state index in [1.807, 2.05) is 6.08 Å². The van der Waals surface area contributed by atoms with Gasteiger partial charge >= 0.3 is 11.9 Å². The maximum atomic E-state index is 12.8. The molecule has 1 atom stereocenters. The molecule has 0 fully saturated rings. The van der Waals surface area contributed by atoms with Crippen molar-refractivity contribution < 1.29 is 23.8 Å². The van der Waals surface area contributed by atoms with E-state index in [2.05, 4.69) is 161 Å². The molecule has 1 unspecified atom stereocenters. The molecular weight excluding hydrogens is 837 g/mol. The molecule has 0 radical (unpaired) electrons. The molecule has 0 aromatic rings. The smallest absolute Gasteiger partial charge is 0.306 e. The molecule has 68 heavy (non-hydrogen) atoms. The Bertz CT molecular complexity index is 1480. The van der Waals surface area contributed by atoms with Gasteiger partial charge in [0.05, 0.1) is 6.61 Å². The van der Waals surface area contributed by atoms with Gasteiger partial charge in [-0.1, -0.05) is 218 Å². The molecule has 0 heterocycles. The van der Waals surface area contributed by atoms with E-state index in [1.54, 1.807) is 0 Å². The fourth-order valence-electron chi connectivity index (χ4n) is 6.85. The lowest BCUT2D eigenvalue weighted by Crippen LogP contribution is -2.30. The predicted octanol–water partition coefficient (Wildman–Crippen LogP) is 18.9. The van der Waals surface area contributed by atoms with Gasteiger partial charge in [-0.3, -0.25) is 9.59 Å². The van der Waals surface area contributed by atoms with E-state index in [-0.39, 0.29) is 31.6 Å². The summed E-state index contributed by atoms with van der Waals surface area (Å²) in [5, 5.41) is 0. The number of unbranched alkanes of at least 4 members (excludes halogenated alkanes) is 13. The maximum absolute atomic E-state index is 12.8. The molecule has 0 amide bonds. The minimum Gasteiger partial charge on any atom is -0.462 e. The van der Waals surface area contributed by atoms with Crippen LogP contribution in [-0.4, -0.2) is 37.9 Å². The lowest BCUT2D eigenvalue weighted by molar-refractivity contribution is -0.162. The molecule has 382 valence electrons. The Kier molecular flexibility index (Phi) is 53.6. The number of rotatable bonds is 48. The highest BCUT2D eigenvalue weighted by Crippen LogP contribution is 2.11. The van der Waals surface area contributed by atoms with Crippen molar-refractivity contribution in [3.05, 3.63) is 146 Å². The summed E-state index contributed by atoms with van der Waals surface area (Å²) in [5.41, 5.74) is 0. The molecule has 0 aliphatic heterocycles. The van der Waals surface area contributed by atoms with Crippen molar-refractivity contribution in [2.24, 2.45) is 0 Å². The summed E-state index contributed by atoms with van der Waals surface area (Å²) in [5.74, 6) is -0.545. The zero-order valence-electron chi connectivity index (χ0n) is 43.8. The summed E-state index contributed by atoms with van der Waals surface area (Å²) >= 11 is 0. The van der Waals surface area contributed by atoms with Crippen LogP contribution in [0.25, 0.3) is 0 Å². The number of hydrogen-bond donors (Lipinski definition) is 0. The minimum atomic E-state index is -0.605. The third-order valence-corrected chi connectivity index (χ3v) is 10.9. The summed E-state index contributed by atoms with van der Waals surface area (Å²) in [6, 6.07) is 0. The molecule has 5 heteroatoms. The summed E-state index contributed by atoms with van der Waals surface area (Å²) < 4.78 is 17.3. The second-order valence-corrected chi connectivity index (χ2v) is 17.4. The molecule has 0 bridgehead atoms. The van der Waals surface area contributed by atoms with Crippen LogP contribution in [0.15, 0.2) is 146 Å². The highest BCUT2D eigenvalue weighted by atomic mass is 16.6. The molecule has 0 aliphatic carbocycles. The van der Waals surface area contributed by atoms with E-state index in [0.29, 0.717) is 19.4 Å². The normalized spacial score (nSPS) is 13.4. The lowest BCUT2D eigenvalue weighted by atomic mass is 10.1. The van der Waals surface area contributed by atoms with E-state index < -0.39 is 6.10 Å². The van der Waals surface area contributed by atoms with Crippen LogP contribution in [0, 0.1) is 0 Å². The average molecular weight is 937 g/mol. The highest BCUT2D eigenvalue weighted by Gasteiger charge is 2.17. The Balaban J connectivity index is 4.43. The van der Waals surface area contributed by atoms with Gasteiger partial charge in [0.1, 0.15) is 6.61 Å². The molecule has 0 spiro atoms. The Hall–Kier alpha value is -4.22. The number of carbonyl (C=O) groups is 2. The zero-order chi connectivity index (χ0) is 49.2. The fourth-order valence-corrected chi connectivity index (χ4v) is 6.85. The fraction of sp³-hybridized carbons (Fsp3) is 0.587. The van der Waals surface area contributed by atoms with Crippen LogP contribution in [0.3, 0.4) is 0 Å². The molecule has 0 aromatic heterocycles. The van der Waals surface area contributed by atoms with E-state index in [4.69, 9.17) is 14.2 Å². The third-order valence-electron chi connectivity index (χ3n) is 10.9. The first-order chi connectivity index (χ1) is 33.6. The zero-order valence-corrected chi connectivity index (χ0v) is 43.8. The molecular formula is C63H100O5. The first-order valence-corrected chi connectivity index (χ1v) is 27.4. The van der Waals surface area contributed by atoms with Crippen LogP contribution in [0.1, 0.15) is 213 Å². The number of ether oxygens (including phenoxy) is 3. The van der Waals surface area contributed by atoms with E-state index >= 15 is 0 Å². The van der Waals surface area contributed by atoms with E-state index in [1.165, 1.54) is 57.8 Å². The van der Waals surface area contributed by atoms with E-state index in [9.17, 15) is 9.59 Å². The van der Waals surface area contributed by atoms with Crippen LogP contribution < -0.4 is 0 Å². The Morgan fingerprint density at radius 1 is 0.338 bits per heavy atom. The van der Waals surface area contributed by atoms with Gasteiger partial charge in [-0.15, -0.1) is 0 Å². The van der Waals surface area contributed by atoms with Gasteiger partial charge < -0.3 is 14.2 Å². The van der Waals surface area contributed by atoms with Crippen molar-refractivity contribution in [1.29, 1.82) is 0 Å². The minimum absolute atomic E-state index is 0.0251. The molecule has 0 N–H and O–H groups in total. The second kappa shape index (κ2) is 57.1. The van der Waals surface area contributed by atoms with Gasteiger partial charge in [0.15, 0.2) is 6.10 Å². The van der Waals surface area contributed by atoms with Crippen LogP contribution in [-0.2, 0) is 23.8 Å². The van der Waals surface area contributed by atoms with Crippen molar-refractivity contribution in [3.8, 4) is 0 Å². The Labute approximate surface area is 419 Å². The third kappa shape index (κ3) is 54.4. The number of hydrogen-bond acceptors (Lipinski definition) is 5. The van der Waals surface area contributed by atoms with Crippen molar-refractivity contribution >= 4 is 11.9 Å². The van der Waals surface area contributed by atoms with Crippen LogP contribution in [0.4, 0.5) is 0 Å². The quantitative estimate of drug-likeness (QED) is 0.0346. The molecule has 0 aliphatic rings. The van der Waals surface area contributed by atoms with Crippen LogP contribution in [0.2, 0.25) is 0 Å². The summed E-state index contributed by atoms with van der Waals surface area (Å²) in [6.07, 6.45) is 83.1. The van der Waals surface area contributed by atoms with Gasteiger partial charge in [0.2, 0.25) is 0 Å². The van der Waals surface area contributed by atoms with Crippen molar-refractivity contribution in [1.82, 2.24) is 0 Å². The highest BCUT2D eigenvalue weighted by molar-refractivity contribution is 5.70. The van der Waals surface area contributed by atoms with Gasteiger partial charge in [-0.2, -0.15) is 0 Å². The van der Waals surface area contributed by atoms with Crippen LogP contribution in [0.5, 0.6) is 0 Å². The average Bonchev–Trinajstić information content (AvgIpc) is 3.34. The number of carbonyl (C=O) groups excluding carboxylic acids is 2. The van der Waals surface area contributed by atoms with Crippen molar-refractivity contribution in [2.45, 2.75) is 219 Å². The van der Waals surface area contributed by atoms with Crippen molar-refractivity contribution in [3.63, 3.8) is 0 Å². The predicted molar refractivity (Wildman–Crippen MR) is 297 cm³/mol. The molecule has 0 rings (SSSR count). The monoisotopic (exact) mass is 937 g/mol. The Morgan fingerprint density at radius 2 is 0.691 bits per heavy atom. The standard InChI is InChI=1S/C63H100O5/c1-4-7-10-13-16-19-22-25-27-29-31-33-35-37-40-43-46-49-52-55-58-66-59-61(68-63(65)57-54-51-48-45-42-38-24-21-18-15-12-9-6-3)60-67-62(64)56-53-50-47-44-41-39-36-34-32-30-28-26-23-20-17-14-11-8-5-2/h8-9,11-12,16-21,25-28,31-34,38-39,41-42,48,51,61H,4-7,10,13-15,22-24,29-30,35-37,40,43-47,49-50,52-60H2,1-3H3/b11-8-,12-9-,19-16-,20-17-,21-18-,27-25-,28-26-,33-31-,34-32-,41-39-,42-38-,51-48-. The van der Waals surface area contributed by atoms with Crippen molar-refractivity contribution in [2.75, 3.05) is 19.8 Å². The molecule has 0 saturated heterocycles. The molecule has 0 saturated carbocycles. The number of allylic oxidation sites excluding steroid dienone is 24. The van der Waals surface area contributed by atoms with Gasteiger partial charge in [-0.05, 0) is 128 Å². The van der Waals surface area contributed by atoms with Gasteiger partial charge in [0, 0.05) is 19.4 Å². The van der Waals surface area contributed by atoms with E-state index in [0.717, 1.165) is 116 Å². The molecule has 5 nitrogen and oxygen atoms in total. The summed E-state index contributed by atoms with van der Waals surface area (Å²) in [6.45, 7) is 7.41. The SMILES string of the molecule is CC/C=C\C/C=C\C/C=C\C/C=C\C/C=C\CCCCCC(=O)OCC(COCCCCCCCCC/C=C\C/C=C\C/C=C\CCCCC)OC(=O)CC/C=C\C/C=C\C/C=C\C/C=C\CC. The largest absolute Gasteiger partial charge is 0.462 e. The Morgan fingerprint density at radius 3 is 1.12 bits per heavy atom. The summed E-state index contributed by atoms with van der Waals surface area (Å²) in [7, 11) is 0. The first kappa shape index (κ1) is 63.8. The summed E-state index contributed by atoms with van der Waals surface area (Å²) in [4.78, 5) is 25.4. The van der Waals surface area contributed by atoms with Gasteiger partial charge in [-0.25, -0.2) is 0 Å². The topological polar surface area (TPSA) is 61.8 Å². The lowest BCUT2D eigenvalue weighted by Gasteiger charge is -2.18.